The molecule has 4 heteroatoms. The number of aromatic hydroxyl groups is 2. The van der Waals surface area contributed by atoms with Gasteiger partial charge < -0.3 is 14.9 Å². The molecule has 1 fully saturated rings. The molecule has 0 aromatic heterocycles. The van der Waals surface area contributed by atoms with E-state index in [2.05, 4.69) is 0 Å². The second-order valence-corrected chi connectivity index (χ2v) is 3.71. The number of hydrogen-bond donors (Lipinski definition) is 2. The molecule has 1 aliphatic rings. The Morgan fingerprint density at radius 1 is 1.27 bits per heavy atom. The molecule has 1 heterocycles. The zero-order valence-corrected chi connectivity index (χ0v) is 8.14. The molecule has 1 saturated heterocycles. The van der Waals surface area contributed by atoms with Crippen LogP contribution in [0.25, 0.3) is 0 Å². The minimum Gasteiger partial charge on any atom is -0.508 e. The van der Waals surface area contributed by atoms with Gasteiger partial charge in [-0.15, -0.1) is 0 Å². The van der Waals surface area contributed by atoms with Crippen LogP contribution in [0, 0.1) is 0 Å². The summed E-state index contributed by atoms with van der Waals surface area (Å²) in [6.07, 6.45) is 1.57. The van der Waals surface area contributed by atoms with Gasteiger partial charge in [0.25, 0.3) is 0 Å². The van der Waals surface area contributed by atoms with Crippen molar-refractivity contribution >= 4 is 5.97 Å². The number of phenols is 2. The third-order valence-corrected chi connectivity index (χ3v) is 2.39. The summed E-state index contributed by atoms with van der Waals surface area (Å²) in [5.74, 6) is -0.131. The van der Waals surface area contributed by atoms with Crippen LogP contribution in [0.5, 0.6) is 11.5 Å². The number of benzene rings is 1. The minimum atomic E-state index is -0.177. The quantitative estimate of drug-likeness (QED) is 0.720. The van der Waals surface area contributed by atoms with Crippen LogP contribution in [0.4, 0.5) is 0 Å². The average molecular weight is 208 g/mol. The predicted molar refractivity (Wildman–Crippen MR) is 52.6 cm³/mol. The lowest BCUT2D eigenvalue weighted by Gasteiger charge is -2.09. The fourth-order valence-electron chi connectivity index (χ4n) is 1.76. The van der Waals surface area contributed by atoms with Crippen molar-refractivity contribution in [1.29, 1.82) is 0 Å². The molecule has 1 aromatic carbocycles. The van der Waals surface area contributed by atoms with Gasteiger partial charge in [0.05, 0.1) is 0 Å². The molecule has 0 aliphatic carbocycles. The molecule has 1 aromatic rings. The molecule has 15 heavy (non-hydrogen) atoms. The van der Waals surface area contributed by atoms with Gasteiger partial charge in [-0.25, -0.2) is 0 Å². The Balaban J connectivity index is 2.07. The third-order valence-electron chi connectivity index (χ3n) is 2.39. The fourth-order valence-corrected chi connectivity index (χ4v) is 1.76. The van der Waals surface area contributed by atoms with E-state index in [0.717, 1.165) is 5.56 Å². The van der Waals surface area contributed by atoms with E-state index in [-0.39, 0.29) is 23.6 Å². The highest BCUT2D eigenvalue weighted by atomic mass is 16.5. The van der Waals surface area contributed by atoms with Gasteiger partial charge in [-0.1, -0.05) is 0 Å². The van der Waals surface area contributed by atoms with Crippen molar-refractivity contribution in [3.05, 3.63) is 23.8 Å². The second kappa shape index (κ2) is 3.81. The summed E-state index contributed by atoms with van der Waals surface area (Å²) < 4.78 is 5.04. The van der Waals surface area contributed by atoms with E-state index in [1.807, 2.05) is 0 Å². The van der Waals surface area contributed by atoms with Gasteiger partial charge in [0.1, 0.15) is 17.6 Å². The highest BCUT2D eigenvalue weighted by Crippen LogP contribution is 2.24. The number of ether oxygens (including phenoxy) is 1. The summed E-state index contributed by atoms with van der Waals surface area (Å²) in [6, 6.07) is 4.39. The lowest BCUT2D eigenvalue weighted by molar-refractivity contribution is -0.141. The highest BCUT2D eigenvalue weighted by molar-refractivity contribution is 5.71. The Labute approximate surface area is 87.1 Å². The maximum atomic E-state index is 10.9. The molecule has 1 aliphatic heterocycles. The summed E-state index contributed by atoms with van der Waals surface area (Å²) in [7, 11) is 0. The third kappa shape index (κ3) is 2.40. The largest absolute Gasteiger partial charge is 0.508 e. The van der Waals surface area contributed by atoms with Gasteiger partial charge in [0.15, 0.2) is 0 Å². The van der Waals surface area contributed by atoms with Gasteiger partial charge in [-0.3, -0.25) is 4.79 Å². The van der Waals surface area contributed by atoms with E-state index in [0.29, 0.717) is 19.3 Å². The Hall–Kier alpha value is -1.71. The van der Waals surface area contributed by atoms with Crippen molar-refractivity contribution in [2.45, 2.75) is 25.4 Å². The van der Waals surface area contributed by atoms with Crippen molar-refractivity contribution in [2.75, 3.05) is 0 Å². The lowest BCUT2D eigenvalue weighted by atomic mass is 10.1. The van der Waals surface area contributed by atoms with Crippen LogP contribution in [-0.4, -0.2) is 22.3 Å². The molecule has 0 amide bonds. The first-order valence-corrected chi connectivity index (χ1v) is 4.85. The highest BCUT2D eigenvalue weighted by Gasteiger charge is 2.23. The number of rotatable bonds is 2. The molecule has 0 saturated carbocycles. The van der Waals surface area contributed by atoms with E-state index in [4.69, 9.17) is 4.74 Å². The first-order valence-electron chi connectivity index (χ1n) is 4.85. The van der Waals surface area contributed by atoms with Crippen LogP contribution in [-0.2, 0) is 16.0 Å². The molecular formula is C11H12O4. The van der Waals surface area contributed by atoms with Crippen LogP contribution in [0.1, 0.15) is 18.4 Å². The number of hydrogen-bond acceptors (Lipinski definition) is 4. The Kier molecular flexibility index (Phi) is 2.49. The van der Waals surface area contributed by atoms with E-state index in [9.17, 15) is 15.0 Å². The van der Waals surface area contributed by atoms with Crippen LogP contribution < -0.4 is 0 Å². The molecule has 1 atom stereocenters. The normalized spacial score (nSPS) is 20.3. The first-order chi connectivity index (χ1) is 7.13. The van der Waals surface area contributed by atoms with Gasteiger partial charge in [-0.2, -0.15) is 0 Å². The van der Waals surface area contributed by atoms with Gasteiger partial charge >= 0.3 is 5.97 Å². The first kappa shape index (κ1) is 9.83. The standard InChI is InChI=1S/C11H12O4/c12-8-3-7(4-9(13)6-8)5-10-1-2-11(14)15-10/h3-4,6,10,12-13H,1-2,5H2. The van der Waals surface area contributed by atoms with Gasteiger partial charge in [0, 0.05) is 18.9 Å². The van der Waals surface area contributed by atoms with Crippen LogP contribution in [0.3, 0.4) is 0 Å². The summed E-state index contributed by atoms with van der Waals surface area (Å²) in [5.41, 5.74) is 0.771. The smallest absolute Gasteiger partial charge is 0.306 e. The molecule has 0 spiro atoms. The number of cyclic esters (lactones) is 1. The zero-order valence-electron chi connectivity index (χ0n) is 8.14. The number of carbonyl (C=O) groups is 1. The van der Waals surface area contributed by atoms with E-state index < -0.39 is 0 Å². The second-order valence-electron chi connectivity index (χ2n) is 3.71. The minimum absolute atomic E-state index is 0.0225. The fraction of sp³-hybridized carbons (Fsp3) is 0.364. The summed E-state index contributed by atoms with van der Waals surface area (Å²) in [5, 5.41) is 18.5. The molecule has 2 rings (SSSR count). The number of phenolic OH excluding ortho intramolecular Hbond substituents is 2. The maximum Gasteiger partial charge on any atom is 0.306 e. The molecule has 2 N–H and O–H groups in total. The summed E-state index contributed by atoms with van der Waals surface area (Å²) >= 11 is 0. The molecule has 80 valence electrons. The van der Waals surface area contributed by atoms with Crippen molar-refractivity contribution in [3.63, 3.8) is 0 Å². The molecule has 0 bridgehead atoms. The van der Waals surface area contributed by atoms with Crippen molar-refractivity contribution in [3.8, 4) is 11.5 Å². The summed E-state index contributed by atoms with van der Waals surface area (Å²) in [4.78, 5) is 10.9. The molecule has 0 radical (unpaired) electrons. The zero-order chi connectivity index (χ0) is 10.8. The molecule has 1 unspecified atom stereocenters. The van der Waals surface area contributed by atoms with E-state index in [1.54, 1.807) is 12.1 Å². The van der Waals surface area contributed by atoms with Crippen molar-refractivity contribution in [1.82, 2.24) is 0 Å². The topological polar surface area (TPSA) is 66.8 Å². The van der Waals surface area contributed by atoms with Crippen LogP contribution >= 0.6 is 0 Å². The Bertz CT molecular complexity index is 366. The van der Waals surface area contributed by atoms with E-state index in [1.165, 1.54) is 6.07 Å². The average Bonchev–Trinajstić information content (AvgIpc) is 2.49. The lowest BCUT2D eigenvalue weighted by Crippen LogP contribution is -2.10. The van der Waals surface area contributed by atoms with Crippen molar-refractivity contribution in [2.24, 2.45) is 0 Å². The Morgan fingerprint density at radius 3 is 2.47 bits per heavy atom. The number of carbonyl (C=O) groups excluding carboxylic acids is 1. The van der Waals surface area contributed by atoms with Gasteiger partial charge in [-0.05, 0) is 24.1 Å². The van der Waals surface area contributed by atoms with Crippen molar-refractivity contribution < 1.29 is 19.7 Å². The van der Waals surface area contributed by atoms with Crippen LogP contribution in [0.15, 0.2) is 18.2 Å². The monoisotopic (exact) mass is 208 g/mol. The summed E-state index contributed by atoms with van der Waals surface area (Å²) in [6.45, 7) is 0. The van der Waals surface area contributed by atoms with E-state index >= 15 is 0 Å². The predicted octanol–water partition coefficient (Wildman–Crippen LogP) is 1.35. The Morgan fingerprint density at radius 2 is 1.93 bits per heavy atom. The maximum absolute atomic E-state index is 10.9. The van der Waals surface area contributed by atoms with Gasteiger partial charge in [0.2, 0.25) is 0 Å². The van der Waals surface area contributed by atoms with Crippen LogP contribution in [0.2, 0.25) is 0 Å². The number of esters is 1. The molecular weight excluding hydrogens is 196 g/mol. The molecule has 4 nitrogen and oxygen atoms in total. The SMILES string of the molecule is O=C1CCC(Cc2cc(O)cc(O)c2)O1.